The van der Waals surface area contributed by atoms with Crippen molar-refractivity contribution in [1.29, 1.82) is 0 Å². The largest absolute Gasteiger partial charge is 0.396 e. The van der Waals surface area contributed by atoms with E-state index in [0.717, 1.165) is 23.7 Å². The Bertz CT molecular complexity index is 689. The van der Waals surface area contributed by atoms with Gasteiger partial charge in [0.25, 0.3) is 0 Å². The van der Waals surface area contributed by atoms with Crippen LogP contribution in [0, 0.1) is 51.2 Å². The van der Waals surface area contributed by atoms with Gasteiger partial charge in [0, 0.05) is 12.0 Å². The van der Waals surface area contributed by atoms with Gasteiger partial charge in [-0.3, -0.25) is 0 Å². The van der Waals surface area contributed by atoms with Crippen molar-refractivity contribution in [2.24, 2.45) is 51.2 Å². The van der Waals surface area contributed by atoms with Crippen molar-refractivity contribution in [1.82, 2.24) is 0 Å². The van der Waals surface area contributed by atoms with Crippen LogP contribution in [0.5, 0.6) is 0 Å². The fourth-order valence-electron chi connectivity index (χ4n) is 10.3. The van der Waals surface area contributed by atoms with Crippen LogP contribution in [-0.4, -0.2) is 11.7 Å². The monoisotopic (exact) mass is 428 g/mol. The minimum Gasteiger partial charge on any atom is -0.396 e. The predicted molar refractivity (Wildman–Crippen MR) is 133 cm³/mol. The molecule has 1 heteroatoms. The highest BCUT2D eigenvalue weighted by molar-refractivity contribution is 5.22. The fraction of sp³-hybridized carbons (Fsp3) is 0.933. The van der Waals surface area contributed by atoms with E-state index in [1.165, 1.54) is 70.6 Å². The normalized spacial score (nSPS) is 47.1. The van der Waals surface area contributed by atoms with Crippen molar-refractivity contribution in [2.75, 3.05) is 6.61 Å². The summed E-state index contributed by atoms with van der Waals surface area (Å²) in [6, 6.07) is 0. The molecule has 0 bridgehead atoms. The standard InChI is InChI=1S/C30H52O/c1-21(2)10-8-11-22(3)23-15-19-30(20-31)25-12-13-26-27(4,5)16-9-17-28(26,6)24(25)14-18-29(23,30)7/h11,21,23-26,31H,8-10,12-20H2,1-7H3/b22-11+/t23-,24+,25-,26+,28-,29-,30-/m1/s1. The molecule has 4 aliphatic rings. The molecule has 31 heavy (non-hydrogen) atoms. The Morgan fingerprint density at radius 2 is 1.68 bits per heavy atom. The van der Waals surface area contributed by atoms with E-state index in [4.69, 9.17) is 0 Å². The van der Waals surface area contributed by atoms with E-state index in [1.54, 1.807) is 5.57 Å². The summed E-state index contributed by atoms with van der Waals surface area (Å²) < 4.78 is 0. The smallest absolute Gasteiger partial charge is 0.0495 e. The second kappa shape index (κ2) is 8.18. The van der Waals surface area contributed by atoms with E-state index in [1.807, 2.05) is 0 Å². The number of hydrogen-bond acceptors (Lipinski definition) is 1. The molecule has 0 amide bonds. The Morgan fingerprint density at radius 3 is 2.35 bits per heavy atom. The number of aliphatic hydroxyl groups excluding tert-OH is 1. The molecule has 0 radical (unpaired) electrons. The van der Waals surface area contributed by atoms with Gasteiger partial charge in [-0.25, -0.2) is 0 Å². The molecule has 7 atom stereocenters. The van der Waals surface area contributed by atoms with Gasteiger partial charge in [-0.05, 0) is 117 Å². The minimum absolute atomic E-state index is 0.156. The van der Waals surface area contributed by atoms with E-state index in [0.29, 0.717) is 23.4 Å². The number of hydrogen-bond donors (Lipinski definition) is 1. The van der Waals surface area contributed by atoms with Crippen LogP contribution in [0.25, 0.3) is 0 Å². The van der Waals surface area contributed by atoms with Crippen LogP contribution >= 0.6 is 0 Å². The zero-order valence-electron chi connectivity index (χ0n) is 21.9. The third-order valence-corrected chi connectivity index (χ3v) is 11.9. The topological polar surface area (TPSA) is 20.2 Å². The van der Waals surface area contributed by atoms with Crippen LogP contribution < -0.4 is 0 Å². The molecule has 4 rings (SSSR count). The lowest BCUT2D eigenvalue weighted by Crippen LogP contribution is -2.61. The zero-order chi connectivity index (χ0) is 22.7. The maximum absolute atomic E-state index is 11.1. The SMILES string of the molecule is C/C(=C\CCC(C)C)[C@H]1CC[C@@]2(CO)[C@@H]3CC[C@H]4C(C)(C)CCC[C@]4(C)[C@H]3CC[C@]12C. The summed E-state index contributed by atoms with van der Waals surface area (Å²) in [5.41, 5.74) is 3.07. The molecule has 0 saturated heterocycles. The van der Waals surface area contributed by atoms with E-state index < -0.39 is 0 Å². The Balaban J connectivity index is 1.63. The lowest BCUT2D eigenvalue weighted by atomic mass is 9.38. The van der Waals surface area contributed by atoms with Gasteiger partial charge in [-0.2, -0.15) is 0 Å². The maximum Gasteiger partial charge on any atom is 0.0495 e. The first-order chi connectivity index (χ1) is 14.5. The van der Waals surface area contributed by atoms with Crippen molar-refractivity contribution in [2.45, 2.75) is 119 Å². The number of allylic oxidation sites excluding steroid dienone is 2. The summed E-state index contributed by atoms with van der Waals surface area (Å²) in [4.78, 5) is 0. The van der Waals surface area contributed by atoms with Crippen molar-refractivity contribution >= 4 is 0 Å². The fourth-order valence-corrected chi connectivity index (χ4v) is 10.3. The van der Waals surface area contributed by atoms with E-state index in [9.17, 15) is 5.11 Å². The molecule has 0 unspecified atom stereocenters. The maximum atomic E-state index is 11.1. The summed E-state index contributed by atoms with van der Waals surface area (Å²) in [5.74, 6) is 3.91. The zero-order valence-corrected chi connectivity index (χ0v) is 21.9. The quantitative estimate of drug-likeness (QED) is 0.436. The van der Waals surface area contributed by atoms with Crippen LogP contribution in [0.15, 0.2) is 11.6 Å². The van der Waals surface area contributed by atoms with Gasteiger partial charge < -0.3 is 5.11 Å². The molecule has 0 aliphatic heterocycles. The summed E-state index contributed by atoms with van der Waals surface area (Å²) >= 11 is 0. The first kappa shape index (κ1) is 23.8. The Kier molecular flexibility index (Phi) is 6.29. The second-order valence-electron chi connectivity index (χ2n) is 14.0. The molecule has 4 saturated carbocycles. The van der Waals surface area contributed by atoms with Gasteiger partial charge in [0.05, 0.1) is 0 Å². The van der Waals surface area contributed by atoms with Crippen LogP contribution in [-0.2, 0) is 0 Å². The second-order valence-corrected chi connectivity index (χ2v) is 14.0. The molecule has 4 aliphatic carbocycles. The summed E-state index contributed by atoms with van der Waals surface area (Å²) in [6.07, 6.45) is 17.4. The third-order valence-electron chi connectivity index (χ3n) is 11.9. The molecule has 0 heterocycles. The van der Waals surface area contributed by atoms with Crippen molar-refractivity contribution < 1.29 is 5.11 Å². The highest BCUT2D eigenvalue weighted by Crippen LogP contribution is 2.74. The minimum atomic E-state index is 0.156. The van der Waals surface area contributed by atoms with E-state index >= 15 is 0 Å². The van der Waals surface area contributed by atoms with Crippen molar-refractivity contribution in [3.63, 3.8) is 0 Å². The first-order valence-corrected chi connectivity index (χ1v) is 13.8. The molecular weight excluding hydrogens is 376 g/mol. The molecule has 4 fully saturated rings. The van der Waals surface area contributed by atoms with Gasteiger partial charge in [0.2, 0.25) is 0 Å². The van der Waals surface area contributed by atoms with Gasteiger partial charge in [-0.15, -0.1) is 0 Å². The number of aliphatic hydroxyl groups is 1. The molecule has 0 aromatic carbocycles. The lowest BCUT2D eigenvalue weighted by molar-refractivity contribution is -0.191. The molecule has 1 nitrogen and oxygen atoms in total. The van der Waals surface area contributed by atoms with E-state index in [-0.39, 0.29) is 10.8 Å². The summed E-state index contributed by atoms with van der Waals surface area (Å²) in [7, 11) is 0. The van der Waals surface area contributed by atoms with Crippen LogP contribution in [0.3, 0.4) is 0 Å². The van der Waals surface area contributed by atoms with Crippen LogP contribution in [0.4, 0.5) is 0 Å². The lowest BCUT2D eigenvalue weighted by Gasteiger charge is -2.67. The third kappa shape index (κ3) is 3.50. The Morgan fingerprint density at radius 1 is 0.935 bits per heavy atom. The van der Waals surface area contributed by atoms with Gasteiger partial charge in [0.15, 0.2) is 0 Å². The number of fused-ring (bicyclic) bond motifs is 5. The molecular formula is C30H52O. The number of rotatable bonds is 5. The van der Waals surface area contributed by atoms with Crippen LogP contribution in [0.2, 0.25) is 0 Å². The molecule has 178 valence electrons. The van der Waals surface area contributed by atoms with E-state index in [2.05, 4.69) is 54.5 Å². The molecule has 0 spiro atoms. The van der Waals surface area contributed by atoms with Crippen LogP contribution in [0.1, 0.15) is 119 Å². The highest BCUT2D eigenvalue weighted by atomic mass is 16.3. The highest BCUT2D eigenvalue weighted by Gasteiger charge is 2.68. The molecule has 0 aromatic rings. The van der Waals surface area contributed by atoms with Gasteiger partial charge >= 0.3 is 0 Å². The first-order valence-electron chi connectivity index (χ1n) is 13.8. The predicted octanol–water partition coefficient (Wildman–Crippen LogP) is 8.42. The summed E-state index contributed by atoms with van der Waals surface area (Å²) in [5, 5.41) is 11.1. The van der Waals surface area contributed by atoms with Crippen molar-refractivity contribution in [3.8, 4) is 0 Å². The average Bonchev–Trinajstić information content (AvgIpc) is 3.00. The Hall–Kier alpha value is -0.300. The summed E-state index contributed by atoms with van der Waals surface area (Å²) in [6.45, 7) is 17.9. The van der Waals surface area contributed by atoms with Crippen molar-refractivity contribution in [3.05, 3.63) is 11.6 Å². The average molecular weight is 429 g/mol. The Labute approximate surface area is 193 Å². The van der Waals surface area contributed by atoms with Gasteiger partial charge in [0.1, 0.15) is 0 Å². The molecule has 1 N–H and O–H groups in total. The van der Waals surface area contributed by atoms with Gasteiger partial charge in [-0.1, -0.05) is 59.6 Å². The molecule has 0 aromatic heterocycles.